The molecule has 0 aliphatic rings. The number of rotatable bonds is 5. The first-order valence-corrected chi connectivity index (χ1v) is 8.09. The van der Waals surface area contributed by atoms with Gasteiger partial charge in [0.05, 0.1) is 13.0 Å². The van der Waals surface area contributed by atoms with Gasteiger partial charge in [-0.05, 0) is 48.4 Å². The Hall–Kier alpha value is -3.28. The Bertz CT molecular complexity index is 916. The molecular formula is C20H18FN3O2. The van der Waals surface area contributed by atoms with Gasteiger partial charge in [0, 0.05) is 30.2 Å². The largest absolute Gasteiger partial charge is 0.496 e. The number of nitrogens with zero attached hydrogens (tertiary/aromatic N) is 2. The number of amides is 1. The molecule has 2 heterocycles. The highest BCUT2D eigenvalue weighted by Gasteiger charge is 2.16. The molecule has 5 nitrogen and oxygen atoms in total. The number of anilines is 1. The molecule has 2 aromatic heterocycles. The van der Waals surface area contributed by atoms with Crippen LogP contribution in [0.5, 0.6) is 5.75 Å². The number of nitrogens with one attached hydrogen (secondary N) is 1. The van der Waals surface area contributed by atoms with Crippen molar-refractivity contribution in [3.63, 3.8) is 0 Å². The second-order valence-electron chi connectivity index (χ2n) is 5.77. The molecule has 26 heavy (non-hydrogen) atoms. The van der Waals surface area contributed by atoms with E-state index >= 15 is 0 Å². The smallest absolute Gasteiger partial charge is 0.232 e. The van der Waals surface area contributed by atoms with Gasteiger partial charge in [-0.1, -0.05) is 6.07 Å². The Kier molecular flexibility index (Phi) is 5.22. The number of hydrogen-bond donors (Lipinski definition) is 1. The number of methoxy groups -OCH3 is 1. The van der Waals surface area contributed by atoms with Crippen LogP contribution >= 0.6 is 0 Å². The lowest BCUT2D eigenvalue weighted by Gasteiger charge is -2.13. The van der Waals surface area contributed by atoms with Gasteiger partial charge in [-0.15, -0.1) is 0 Å². The zero-order valence-corrected chi connectivity index (χ0v) is 14.4. The van der Waals surface area contributed by atoms with Crippen molar-refractivity contribution in [2.24, 2.45) is 0 Å². The van der Waals surface area contributed by atoms with Gasteiger partial charge in [0.1, 0.15) is 17.4 Å². The lowest BCUT2D eigenvalue weighted by Crippen LogP contribution is -2.19. The van der Waals surface area contributed by atoms with E-state index < -0.39 is 0 Å². The fraction of sp³-hybridized carbons (Fsp3) is 0.150. The number of pyridine rings is 2. The molecule has 0 aliphatic heterocycles. The molecule has 132 valence electrons. The summed E-state index contributed by atoms with van der Waals surface area (Å²) in [6.07, 6.45) is 4.91. The Balaban J connectivity index is 1.83. The first-order valence-electron chi connectivity index (χ1n) is 8.09. The van der Waals surface area contributed by atoms with Crippen molar-refractivity contribution in [3.8, 4) is 16.9 Å². The minimum Gasteiger partial charge on any atom is -0.496 e. The molecular weight excluding hydrogens is 333 g/mol. The summed E-state index contributed by atoms with van der Waals surface area (Å²) in [6.45, 7) is 1.80. The molecule has 0 saturated heterocycles. The standard InChI is InChI=1S/C20H18FN3O2/c1-13(15-4-3-8-22-12-15)20(25)24-19-10-14(7-9-23-19)17-6-5-16(21)11-18(17)26-2/h3-13H,1-2H3,(H,23,24,25). The summed E-state index contributed by atoms with van der Waals surface area (Å²) in [5, 5.41) is 2.81. The summed E-state index contributed by atoms with van der Waals surface area (Å²) < 4.78 is 18.6. The zero-order valence-electron chi connectivity index (χ0n) is 14.4. The fourth-order valence-corrected chi connectivity index (χ4v) is 2.59. The second-order valence-corrected chi connectivity index (χ2v) is 5.77. The summed E-state index contributed by atoms with van der Waals surface area (Å²) >= 11 is 0. The SMILES string of the molecule is COc1cc(F)ccc1-c1ccnc(NC(=O)C(C)c2cccnc2)c1. The molecule has 3 aromatic rings. The minimum atomic E-state index is -0.376. The van der Waals surface area contributed by atoms with Crippen molar-refractivity contribution >= 4 is 11.7 Å². The number of ether oxygens (including phenoxy) is 1. The summed E-state index contributed by atoms with van der Waals surface area (Å²) in [6, 6.07) is 11.5. The molecule has 0 saturated carbocycles. The Morgan fingerprint density at radius 3 is 2.77 bits per heavy atom. The molecule has 1 atom stereocenters. The highest BCUT2D eigenvalue weighted by molar-refractivity contribution is 5.95. The maximum absolute atomic E-state index is 13.4. The lowest BCUT2D eigenvalue weighted by molar-refractivity contribution is -0.117. The van der Waals surface area contributed by atoms with Crippen LogP contribution in [0.25, 0.3) is 11.1 Å². The van der Waals surface area contributed by atoms with Crippen molar-refractivity contribution in [2.45, 2.75) is 12.8 Å². The van der Waals surface area contributed by atoms with Gasteiger partial charge in [-0.25, -0.2) is 9.37 Å². The van der Waals surface area contributed by atoms with E-state index in [1.807, 2.05) is 6.07 Å². The van der Waals surface area contributed by atoms with Crippen molar-refractivity contribution in [3.05, 3.63) is 72.4 Å². The van der Waals surface area contributed by atoms with Crippen LogP contribution in [0.15, 0.2) is 61.1 Å². The minimum absolute atomic E-state index is 0.186. The van der Waals surface area contributed by atoms with Gasteiger partial charge in [0.2, 0.25) is 5.91 Å². The lowest BCUT2D eigenvalue weighted by atomic mass is 10.0. The molecule has 6 heteroatoms. The van der Waals surface area contributed by atoms with Crippen LogP contribution in [0, 0.1) is 5.82 Å². The number of halogens is 1. The van der Waals surface area contributed by atoms with E-state index in [0.29, 0.717) is 17.1 Å². The molecule has 3 rings (SSSR count). The van der Waals surface area contributed by atoms with Gasteiger partial charge in [-0.2, -0.15) is 0 Å². The number of carbonyl (C=O) groups excluding carboxylic acids is 1. The molecule has 0 bridgehead atoms. The van der Waals surface area contributed by atoms with Crippen LogP contribution in [-0.4, -0.2) is 23.0 Å². The van der Waals surface area contributed by atoms with Crippen molar-refractivity contribution < 1.29 is 13.9 Å². The fourth-order valence-electron chi connectivity index (χ4n) is 2.59. The highest BCUT2D eigenvalue weighted by atomic mass is 19.1. The van der Waals surface area contributed by atoms with Crippen molar-refractivity contribution in [1.82, 2.24) is 9.97 Å². The van der Waals surface area contributed by atoms with E-state index in [1.54, 1.807) is 49.8 Å². The van der Waals surface area contributed by atoms with E-state index in [0.717, 1.165) is 11.1 Å². The molecule has 1 unspecified atom stereocenters. The Morgan fingerprint density at radius 2 is 2.04 bits per heavy atom. The van der Waals surface area contributed by atoms with Crippen LogP contribution in [0.2, 0.25) is 0 Å². The summed E-state index contributed by atoms with van der Waals surface area (Å²) in [7, 11) is 1.48. The highest BCUT2D eigenvalue weighted by Crippen LogP contribution is 2.31. The third-order valence-corrected chi connectivity index (χ3v) is 4.06. The maximum Gasteiger partial charge on any atom is 0.232 e. The van der Waals surface area contributed by atoms with Crippen LogP contribution in [-0.2, 0) is 4.79 Å². The number of aromatic nitrogens is 2. The normalized spacial score (nSPS) is 11.7. The van der Waals surface area contributed by atoms with Gasteiger partial charge in [-0.3, -0.25) is 9.78 Å². The van der Waals surface area contributed by atoms with E-state index in [2.05, 4.69) is 15.3 Å². The third-order valence-electron chi connectivity index (χ3n) is 4.06. The predicted molar refractivity (Wildman–Crippen MR) is 97.5 cm³/mol. The van der Waals surface area contributed by atoms with Crippen molar-refractivity contribution in [2.75, 3.05) is 12.4 Å². The maximum atomic E-state index is 13.4. The Labute approximate surface area is 150 Å². The van der Waals surface area contributed by atoms with E-state index in [4.69, 9.17) is 4.74 Å². The van der Waals surface area contributed by atoms with Crippen LogP contribution in [0.4, 0.5) is 10.2 Å². The van der Waals surface area contributed by atoms with Gasteiger partial charge < -0.3 is 10.1 Å². The molecule has 0 fully saturated rings. The van der Waals surface area contributed by atoms with E-state index in [1.165, 1.54) is 19.2 Å². The number of benzene rings is 1. The molecule has 0 aliphatic carbocycles. The Morgan fingerprint density at radius 1 is 1.19 bits per heavy atom. The molecule has 1 aromatic carbocycles. The zero-order chi connectivity index (χ0) is 18.5. The third kappa shape index (κ3) is 3.85. The molecule has 1 amide bonds. The molecule has 0 radical (unpaired) electrons. The summed E-state index contributed by atoms with van der Waals surface area (Å²) in [4.78, 5) is 20.7. The quantitative estimate of drug-likeness (QED) is 0.754. The average molecular weight is 351 g/mol. The van der Waals surface area contributed by atoms with Crippen LogP contribution in [0.3, 0.4) is 0 Å². The summed E-state index contributed by atoms with van der Waals surface area (Å²) in [5.41, 5.74) is 2.30. The summed E-state index contributed by atoms with van der Waals surface area (Å²) in [5.74, 6) is -0.103. The topological polar surface area (TPSA) is 64.1 Å². The van der Waals surface area contributed by atoms with Gasteiger partial charge >= 0.3 is 0 Å². The second kappa shape index (κ2) is 7.74. The van der Waals surface area contributed by atoms with E-state index in [9.17, 15) is 9.18 Å². The average Bonchev–Trinajstić information content (AvgIpc) is 2.68. The van der Waals surface area contributed by atoms with Crippen molar-refractivity contribution in [1.29, 1.82) is 0 Å². The van der Waals surface area contributed by atoms with Crippen LogP contribution < -0.4 is 10.1 Å². The van der Waals surface area contributed by atoms with Gasteiger partial charge in [0.25, 0.3) is 0 Å². The molecule has 0 spiro atoms. The first-order chi connectivity index (χ1) is 12.6. The van der Waals surface area contributed by atoms with E-state index in [-0.39, 0.29) is 17.6 Å². The number of hydrogen-bond acceptors (Lipinski definition) is 4. The molecule has 1 N–H and O–H groups in total. The van der Waals surface area contributed by atoms with Crippen LogP contribution in [0.1, 0.15) is 18.4 Å². The first kappa shape index (κ1) is 17.5. The van der Waals surface area contributed by atoms with Gasteiger partial charge in [0.15, 0.2) is 0 Å². The predicted octanol–water partition coefficient (Wildman–Crippen LogP) is 4.03. The number of carbonyl (C=O) groups is 1. The monoisotopic (exact) mass is 351 g/mol.